The summed E-state index contributed by atoms with van der Waals surface area (Å²) in [5.74, 6) is -0.406. The van der Waals surface area contributed by atoms with Gasteiger partial charge in [0.25, 0.3) is 0 Å². The minimum absolute atomic E-state index is 0.0462. The Labute approximate surface area is 99.8 Å². The molecule has 1 fully saturated rings. The number of carbonyl (C=O) groups is 1. The lowest BCUT2D eigenvalue weighted by atomic mass is 9.80. The zero-order chi connectivity index (χ0) is 12.4. The summed E-state index contributed by atoms with van der Waals surface area (Å²) in [4.78, 5) is 12.0. The molecule has 0 saturated heterocycles. The highest BCUT2D eigenvalue weighted by Gasteiger charge is 2.30. The summed E-state index contributed by atoms with van der Waals surface area (Å²) < 4.78 is 18.2. The molecule has 1 aromatic carbocycles. The fourth-order valence-corrected chi connectivity index (χ4v) is 2.31. The zero-order valence-electron chi connectivity index (χ0n) is 9.78. The smallest absolute Gasteiger partial charge is 0.165 e. The zero-order valence-corrected chi connectivity index (χ0v) is 9.78. The highest BCUT2D eigenvalue weighted by atomic mass is 19.1. The number of Topliss-reactive ketones (excluding diaryl/α,β-unsaturated/α-hetero) is 1. The number of methoxy groups -OCH3 is 1. The third kappa shape index (κ3) is 2.31. The van der Waals surface area contributed by atoms with Gasteiger partial charge < -0.3 is 10.5 Å². The van der Waals surface area contributed by atoms with Gasteiger partial charge in [0, 0.05) is 5.92 Å². The number of carbonyl (C=O) groups excluding carboxylic acids is 1. The largest absolute Gasteiger partial charge is 0.494 e. The molecule has 0 aromatic heterocycles. The Morgan fingerprint density at radius 1 is 1.41 bits per heavy atom. The Balaban J connectivity index is 2.30. The van der Waals surface area contributed by atoms with Crippen molar-refractivity contribution in [3.8, 4) is 5.75 Å². The first-order valence-corrected chi connectivity index (χ1v) is 5.76. The molecule has 1 aliphatic rings. The third-order valence-corrected chi connectivity index (χ3v) is 3.29. The maximum atomic E-state index is 13.3. The predicted molar refractivity (Wildman–Crippen MR) is 62.5 cm³/mol. The van der Waals surface area contributed by atoms with E-state index in [2.05, 4.69) is 0 Å². The van der Waals surface area contributed by atoms with Gasteiger partial charge in [-0.05, 0) is 30.5 Å². The molecule has 1 aromatic rings. The number of rotatable bonds is 2. The Hall–Kier alpha value is -1.42. The normalized spacial score (nSPS) is 24.8. The minimum Gasteiger partial charge on any atom is -0.494 e. The van der Waals surface area contributed by atoms with Crippen LogP contribution in [0.25, 0.3) is 0 Å². The first-order chi connectivity index (χ1) is 8.13. The second-order valence-corrected chi connectivity index (χ2v) is 4.39. The maximum Gasteiger partial charge on any atom is 0.165 e. The lowest BCUT2D eigenvalue weighted by molar-refractivity contribution is -0.123. The fraction of sp³-hybridized carbons (Fsp3) is 0.462. The Morgan fingerprint density at radius 2 is 2.18 bits per heavy atom. The first-order valence-electron chi connectivity index (χ1n) is 5.76. The molecular weight excluding hydrogens is 221 g/mol. The predicted octanol–water partition coefficient (Wildman–Crippen LogP) is 2.00. The van der Waals surface area contributed by atoms with Crippen molar-refractivity contribution in [3.63, 3.8) is 0 Å². The van der Waals surface area contributed by atoms with E-state index in [0.29, 0.717) is 0 Å². The van der Waals surface area contributed by atoms with Crippen LogP contribution in [-0.4, -0.2) is 18.9 Å². The number of ether oxygens (including phenoxy) is 1. The van der Waals surface area contributed by atoms with Crippen LogP contribution in [0.5, 0.6) is 5.75 Å². The molecule has 0 radical (unpaired) electrons. The van der Waals surface area contributed by atoms with Crippen LogP contribution in [0.1, 0.15) is 30.7 Å². The van der Waals surface area contributed by atoms with Gasteiger partial charge in [-0.3, -0.25) is 4.79 Å². The summed E-state index contributed by atoms with van der Waals surface area (Å²) in [7, 11) is 1.41. The molecule has 3 nitrogen and oxygen atoms in total. The number of hydrogen-bond donors (Lipinski definition) is 1. The Morgan fingerprint density at radius 3 is 2.88 bits per heavy atom. The van der Waals surface area contributed by atoms with Crippen LogP contribution in [0, 0.1) is 5.82 Å². The highest BCUT2D eigenvalue weighted by molar-refractivity contribution is 5.91. The maximum absolute atomic E-state index is 13.3. The van der Waals surface area contributed by atoms with Gasteiger partial charge in [-0.2, -0.15) is 0 Å². The van der Waals surface area contributed by atoms with Crippen LogP contribution in [0.2, 0.25) is 0 Å². The number of ketones is 1. The van der Waals surface area contributed by atoms with Gasteiger partial charge in [-0.1, -0.05) is 12.5 Å². The van der Waals surface area contributed by atoms with Crippen molar-refractivity contribution < 1.29 is 13.9 Å². The SMILES string of the molecule is COc1cc(C2CCCC(N)C2=O)ccc1F. The molecule has 92 valence electrons. The number of nitrogens with two attached hydrogens (primary N) is 1. The van der Waals surface area contributed by atoms with E-state index in [0.717, 1.165) is 24.8 Å². The number of hydrogen-bond acceptors (Lipinski definition) is 3. The first kappa shape index (κ1) is 12.0. The highest BCUT2D eigenvalue weighted by Crippen LogP contribution is 2.32. The van der Waals surface area contributed by atoms with E-state index < -0.39 is 5.82 Å². The van der Waals surface area contributed by atoms with Crippen LogP contribution in [0.15, 0.2) is 18.2 Å². The van der Waals surface area contributed by atoms with E-state index in [1.807, 2.05) is 0 Å². The van der Waals surface area contributed by atoms with Crippen molar-refractivity contribution in [1.29, 1.82) is 0 Å². The molecule has 0 spiro atoms. The van der Waals surface area contributed by atoms with Gasteiger partial charge in [-0.15, -0.1) is 0 Å². The summed E-state index contributed by atoms with van der Waals surface area (Å²) in [6, 6.07) is 4.18. The van der Waals surface area contributed by atoms with Crippen molar-refractivity contribution in [3.05, 3.63) is 29.6 Å². The minimum atomic E-state index is -0.413. The molecule has 0 amide bonds. The van der Waals surface area contributed by atoms with Gasteiger partial charge in [0.15, 0.2) is 17.3 Å². The summed E-state index contributed by atoms with van der Waals surface area (Å²) in [6.45, 7) is 0. The van der Waals surface area contributed by atoms with Crippen molar-refractivity contribution in [2.45, 2.75) is 31.2 Å². The van der Waals surface area contributed by atoms with Crippen LogP contribution >= 0.6 is 0 Å². The van der Waals surface area contributed by atoms with Gasteiger partial charge in [-0.25, -0.2) is 4.39 Å². The molecule has 1 aliphatic carbocycles. The molecule has 17 heavy (non-hydrogen) atoms. The average molecular weight is 237 g/mol. The molecular formula is C13H16FNO2. The monoisotopic (exact) mass is 237 g/mol. The molecule has 4 heteroatoms. The van der Waals surface area contributed by atoms with E-state index in [1.54, 1.807) is 12.1 Å². The molecule has 2 rings (SSSR count). The van der Waals surface area contributed by atoms with Gasteiger partial charge in [0.1, 0.15) is 0 Å². The summed E-state index contributed by atoms with van der Waals surface area (Å²) >= 11 is 0. The van der Waals surface area contributed by atoms with Gasteiger partial charge in [0.05, 0.1) is 13.2 Å². The van der Waals surface area contributed by atoms with Gasteiger partial charge >= 0.3 is 0 Å². The van der Waals surface area contributed by atoms with Crippen molar-refractivity contribution >= 4 is 5.78 Å². The lowest BCUT2D eigenvalue weighted by Gasteiger charge is -2.25. The van der Waals surface area contributed by atoms with Crippen LogP contribution in [-0.2, 0) is 4.79 Å². The number of benzene rings is 1. The summed E-state index contributed by atoms with van der Waals surface area (Å²) in [5.41, 5.74) is 6.55. The molecule has 0 aliphatic heterocycles. The van der Waals surface area contributed by atoms with Crippen LogP contribution < -0.4 is 10.5 Å². The third-order valence-electron chi connectivity index (χ3n) is 3.29. The Kier molecular flexibility index (Phi) is 3.43. The van der Waals surface area contributed by atoms with Crippen LogP contribution in [0.3, 0.4) is 0 Å². The molecule has 1 saturated carbocycles. The topological polar surface area (TPSA) is 52.3 Å². The van der Waals surface area contributed by atoms with Crippen molar-refractivity contribution in [2.75, 3.05) is 7.11 Å². The number of halogens is 1. The van der Waals surface area contributed by atoms with Gasteiger partial charge in [0.2, 0.25) is 0 Å². The molecule has 2 unspecified atom stereocenters. The molecule has 2 atom stereocenters. The lowest BCUT2D eigenvalue weighted by Crippen LogP contribution is -2.38. The second kappa shape index (κ2) is 4.84. The van der Waals surface area contributed by atoms with Crippen molar-refractivity contribution in [2.24, 2.45) is 5.73 Å². The van der Waals surface area contributed by atoms with Crippen LogP contribution in [0.4, 0.5) is 4.39 Å². The quantitative estimate of drug-likeness (QED) is 0.855. The summed E-state index contributed by atoms with van der Waals surface area (Å²) in [6.07, 6.45) is 2.45. The average Bonchev–Trinajstić information content (AvgIpc) is 2.34. The van der Waals surface area contributed by atoms with E-state index in [4.69, 9.17) is 10.5 Å². The Bertz CT molecular complexity index is 433. The molecule has 0 bridgehead atoms. The van der Waals surface area contributed by atoms with Crippen molar-refractivity contribution in [1.82, 2.24) is 0 Å². The van der Waals surface area contributed by atoms with E-state index in [1.165, 1.54) is 13.2 Å². The summed E-state index contributed by atoms with van der Waals surface area (Å²) in [5, 5.41) is 0. The fourth-order valence-electron chi connectivity index (χ4n) is 2.31. The van der Waals surface area contributed by atoms with E-state index in [9.17, 15) is 9.18 Å². The van der Waals surface area contributed by atoms with E-state index in [-0.39, 0.29) is 23.5 Å². The molecule has 0 heterocycles. The van der Waals surface area contributed by atoms with E-state index >= 15 is 0 Å². The standard InChI is InChI=1S/C13H16FNO2/c1-17-12-7-8(5-6-10(12)14)9-3-2-4-11(15)13(9)16/h5-7,9,11H,2-4,15H2,1H3. The molecule has 2 N–H and O–H groups in total. The second-order valence-electron chi connectivity index (χ2n) is 4.39.